The van der Waals surface area contributed by atoms with Crippen LogP contribution in [0, 0.1) is 6.92 Å². The third kappa shape index (κ3) is 2.96. The molecule has 3 rings (SSSR count). The Balaban J connectivity index is 1.94. The SMILES string of the molecule is CC1=C(C(=O)Nc2ccccc2C)C(c2ccco2)NC(=O)N1. The average molecular weight is 311 g/mol. The van der Waals surface area contributed by atoms with Crippen molar-refractivity contribution in [1.29, 1.82) is 0 Å². The van der Waals surface area contributed by atoms with Gasteiger partial charge in [-0.2, -0.15) is 0 Å². The number of carbonyl (C=O) groups excluding carboxylic acids is 2. The van der Waals surface area contributed by atoms with Crippen LogP contribution < -0.4 is 16.0 Å². The normalized spacial score (nSPS) is 17.5. The highest BCUT2D eigenvalue weighted by Crippen LogP contribution is 2.28. The molecule has 0 bridgehead atoms. The molecule has 0 aliphatic carbocycles. The fourth-order valence-corrected chi connectivity index (χ4v) is 2.57. The summed E-state index contributed by atoms with van der Waals surface area (Å²) in [5.74, 6) is 0.222. The summed E-state index contributed by atoms with van der Waals surface area (Å²) in [5.41, 5.74) is 2.61. The molecule has 1 unspecified atom stereocenters. The number of hydrogen-bond acceptors (Lipinski definition) is 3. The van der Waals surface area contributed by atoms with Crippen LogP contribution in [0.2, 0.25) is 0 Å². The van der Waals surface area contributed by atoms with E-state index in [4.69, 9.17) is 4.42 Å². The van der Waals surface area contributed by atoms with Crippen LogP contribution in [0.3, 0.4) is 0 Å². The van der Waals surface area contributed by atoms with Gasteiger partial charge in [-0.1, -0.05) is 18.2 Å². The first-order valence-corrected chi connectivity index (χ1v) is 7.25. The van der Waals surface area contributed by atoms with Gasteiger partial charge in [0.05, 0.1) is 11.8 Å². The smallest absolute Gasteiger partial charge is 0.319 e. The summed E-state index contributed by atoms with van der Waals surface area (Å²) in [7, 11) is 0. The number of carbonyl (C=O) groups is 2. The minimum atomic E-state index is -0.622. The van der Waals surface area contributed by atoms with E-state index in [1.807, 2.05) is 31.2 Å². The number of urea groups is 1. The van der Waals surface area contributed by atoms with Gasteiger partial charge >= 0.3 is 6.03 Å². The summed E-state index contributed by atoms with van der Waals surface area (Å²) < 4.78 is 5.37. The quantitative estimate of drug-likeness (QED) is 0.815. The zero-order chi connectivity index (χ0) is 16.4. The van der Waals surface area contributed by atoms with Crippen molar-refractivity contribution >= 4 is 17.6 Å². The molecule has 2 heterocycles. The molecule has 23 heavy (non-hydrogen) atoms. The Morgan fingerprint density at radius 3 is 2.65 bits per heavy atom. The molecule has 0 saturated carbocycles. The molecule has 1 aromatic heterocycles. The Morgan fingerprint density at radius 1 is 1.17 bits per heavy atom. The number of anilines is 1. The highest BCUT2D eigenvalue weighted by Gasteiger charge is 2.32. The maximum Gasteiger partial charge on any atom is 0.319 e. The van der Waals surface area contributed by atoms with Crippen molar-refractivity contribution in [2.75, 3.05) is 5.32 Å². The molecule has 1 aliphatic rings. The van der Waals surface area contributed by atoms with Crippen LogP contribution in [0.15, 0.2) is 58.3 Å². The summed E-state index contributed by atoms with van der Waals surface area (Å²) >= 11 is 0. The lowest BCUT2D eigenvalue weighted by molar-refractivity contribution is -0.113. The number of furan rings is 1. The van der Waals surface area contributed by atoms with Crippen LogP contribution >= 0.6 is 0 Å². The fraction of sp³-hybridized carbons (Fsp3) is 0.176. The van der Waals surface area contributed by atoms with Gasteiger partial charge in [-0.3, -0.25) is 4.79 Å². The minimum absolute atomic E-state index is 0.286. The average Bonchev–Trinajstić information content (AvgIpc) is 3.03. The van der Waals surface area contributed by atoms with Gasteiger partial charge in [0.2, 0.25) is 0 Å². The van der Waals surface area contributed by atoms with Crippen molar-refractivity contribution in [3.8, 4) is 0 Å². The summed E-state index contributed by atoms with van der Waals surface area (Å²) in [6, 6.07) is 9.97. The van der Waals surface area contributed by atoms with Crippen LogP contribution in [0.5, 0.6) is 0 Å². The third-order valence-corrected chi connectivity index (χ3v) is 3.73. The Morgan fingerprint density at radius 2 is 1.96 bits per heavy atom. The van der Waals surface area contributed by atoms with Crippen molar-refractivity contribution in [3.05, 3.63) is 65.3 Å². The van der Waals surface area contributed by atoms with E-state index in [0.717, 1.165) is 11.3 Å². The number of para-hydroxylation sites is 1. The number of rotatable bonds is 3. The first-order valence-electron chi connectivity index (χ1n) is 7.25. The molecule has 0 saturated heterocycles. The first-order chi connectivity index (χ1) is 11.1. The number of amides is 3. The lowest BCUT2D eigenvalue weighted by atomic mass is 9.99. The molecule has 3 amide bonds. The zero-order valence-electron chi connectivity index (χ0n) is 12.8. The van der Waals surface area contributed by atoms with E-state index in [2.05, 4.69) is 16.0 Å². The van der Waals surface area contributed by atoms with Crippen LogP contribution in [0.4, 0.5) is 10.5 Å². The second-order valence-corrected chi connectivity index (χ2v) is 5.35. The first kappa shape index (κ1) is 14.9. The number of benzene rings is 1. The lowest BCUT2D eigenvalue weighted by Gasteiger charge is -2.27. The van der Waals surface area contributed by atoms with Crippen LogP contribution in [0.1, 0.15) is 24.3 Å². The molecule has 1 aliphatic heterocycles. The molecular weight excluding hydrogens is 294 g/mol. The maximum absolute atomic E-state index is 12.7. The van der Waals surface area contributed by atoms with Crippen molar-refractivity contribution in [2.45, 2.75) is 19.9 Å². The number of nitrogens with one attached hydrogen (secondary N) is 3. The molecular formula is C17H17N3O3. The van der Waals surface area contributed by atoms with Crippen molar-refractivity contribution in [2.24, 2.45) is 0 Å². The van der Waals surface area contributed by atoms with Crippen molar-refractivity contribution < 1.29 is 14.0 Å². The van der Waals surface area contributed by atoms with Gasteiger partial charge in [0.1, 0.15) is 11.8 Å². The molecule has 118 valence electrons. The molecule has 3 N–H and O–H groups in total. The van der Waals surface area contributed by atoms with Crippen LogP contribution in [-0.2, 0) is 4.79 Å². The molecule has 1 aromatic carbocycles. The number of allylic oxidation sites excluding steroid dienone is 1. The fourth-order valence-electron chi connectivity index (χ4n) is 2.57. The topological polar surface area (TPSA) is 83.4 Å². The molecule has 2 aromatic rings. The minimum Gasteiger partial charge on any atom is -0.467 e. The Kier molecular flexibility index (Phi) is 3.89. The standard InChI is InChI=1S/C17H17N3O3/c1-10-6-3-4-7-12(10)19-16(21)14-11(2)18-17(22)20-15(14)13-8-5-9-23-13/h3-9,15H,1-2H3,(H,19,21)(H2,18,20,22). The monoisotopic (exact) mass is 311 g/mol. The van der Waals surface area contributed by atoms with Gasteiger partial charge in [0.25, 0.3) is 5.91 Å². The molecule has 1 atom stereocenters. The van der Waals surface area contributed by atoms with Gasteiger partial charge < -0.3 is 20.4 Å². The highest BCUT2D eigenvalue weighted by molar-refractivity contribution is 6.07. The Hall–Kier alpha value is -3.02. The van der Waals surface area contributed by atoms with Gasteiger partial charge in [-0.15, -0.1) is 0 Å². The predicted octanol–water partition coefficient (Wildman–Crippen LogP) is 2.85. The second-order valence-electron chi connectivity index (χ2n) is 5.35. The summed E-state index contributed by atoms with van der Waals surface area (Å²) in [6.45, 7) is 3.61. The van der Waals surface area contributed by atoms with E-state index in [0.29, 0.717) is 17.0 Å². The van der Waals surface area contributed by atoms with Crippen molar-refractivity contribution in [1.82, 2.24) is 10.6 Å². The summed E-state index contributed by atoms with van der Waals surface area (Å²) in [6.07, 6.45) is 1.51. The second kappa shape index (κ2) is 6.00. The van der Waals surface area contributed by atoms with E-state index in [1.165, 1.54) is 6.26 Å². The molecule has 6 nitrogen and oxygen atoms in total. The van der Waals surface area contributed by atoms with E-state index >= 15 is 0 Å². The highest BCUT2D eigenvalue weighted by atomic mass is 16.3. The largest absolute Gasteiger partial charge is 0.467 e. The van der Waals surface area contributed by atoms with E-state index in [9.17, 15) is 9.59 Å². The van der Waals surface area contributed by atoms with Gasteiger partial charge in [-0.05, 0) is 37.6 Å². The van der Waals surface area contributed by atoms with E-state index in [1.54, 1.807) is 19.1 Å². The van der Waals surface area contributed by atoms with Crippen LogP contribution in [-0.4, -0.2) is 11.9 Å². The summed E-state index contributed by atoms with van der Waals surface area (Å²) in [4.78, 5) is 24.5. The molecule has 0 radical (unpaired) electrons. The number of hydrogen-bond donors (Lipinski definition) is 3. The van der Waals surface area contributed by atoms with E-state index in [-0.39, 0.29) is 11.9 Å². The van der Waals surface area contributed by atoms with Gasteiger partial charge in [0, 0.05) is 11.4 Å². The van der Waals surface area contributed by atoms with E-state index < -0.39 is 6.04 Å². The lowest BCUT2D eigenvalue weighted by Crippen LogP contribution is -2.45. The molecule has 0 spiro atoms. The number of aryl methyl sites for hydroxylation is 1. The van der Waals surface area contributed by atoms with Gasteiger partial charge in [0.15, 0.2) is 0 Å². The Bertz CT molecular complexity index is 778. The van der Waals surface area contributed by atoms with Gasteiger partial charge in [-0.25, -0.2) is 4.79 Å². The zero-order valence-corrected chi connectivity index (χ0v) is 12.8. The van der Waals surface area contributed by atoms with Crippen molar-refractivity contribution in [3.63, 3.8) is 0 Å². The molecule has 0 fully saturated rings. The summed E-state index contributed by atoms with van der Waals surface area (Å²) in [5, 5.41) is 8.24. The molecule has 6 heteroatoms. The van der Waals surface area contributed by atoms with Crippen LogP contribution in [0.25, 0.3) is 0 Å². The Labute approximate surface area is 133 Å². The maximum atomic E-state index is 12.7. The third-order valence-electron chi connectivity index (χ3n) is 3.73. The predicted molar refractivity (Wildman–Crippen MR) is 85.6 cm³/mol.